The number of carboxylic acids is 1. The first-order chi connectivity index (χ1) is 8.05. The van der Waals surface area contributed by atoms with Crippen molar-refractivity contribution in [3.05, 3.63) is 0 Å². The van der Waals surface area contributed by atoms with E-state index >= 15 is 0 Å². The van der Waals surface area contributed by atoms with Crippen LogP contribution in [0.25, 0.3) is 0 Å². The summed E-state index contributed by atoms with van der Waals surface area (Å²) in [5, 5.41) is 11.7. The van der Waals surface area contributed by atoms with Gasteiger partial charge in [0.1, 0.15) is 5.54 Å². The van der Waals surface area contributed by atoms with E-state index in [1.54, 1.807) is 13.8 Å². The van der Waals surface area contributed by atoms with Gasteiger partial charge in [0.05, 0.1) is 19.8 Å². The molecular weight excluding hydrogens is 226 g/mol. The fourth-order valence-corrected chi connectivity index (χ4v) is 1.74. The van der Waals surface area contributed by atoms with Gasteiger partial charge in [0.25, 0.3) is 5.91 Å². The number of hydrogen-bond acceptors (Lipinski definition) is 4. The van der Waals surface area contributed by atoms with Crippen LogP contribution in [0.5, 0.6) is 0 Å². The van der Waals surface area contributed by atoms with Crippen LogP contribution in [0.15, 0.2) is 0 Å². The number of aliphatic carboxylic acids is 1. The lowest BCUT2D eigenvalue weighted by atomic mass is 9.92. The maximum atomic E-state index is 11.9. The van der Waals surface area contributed by atoms with Crippen molar-refractivity contribution in [2.75, 3.05) is 19.8 Å². The Morgan fingerprint density at radius 2 is 2.00 bits per heavy atom. The first-order valence-corrected chi connectivity index (χ1v) is 5.80. The molecule has 1 aliphatic rings. The van der Waals surface area contributed by atoms with Crippen molar-refractivity contribution in [1.29, 1.82) is 0 Å². The Labute approximate surface area is 100 Å². The molecule has 6 heteroatoms. The van der Waals surface area contributed by atoms with Gasteiger partial charge in [-0.1, -0.05) is 13.8 Å². The molecule has 0 bridgehead atoms. The van der Waals surface area contributed by atoms with Crippen LogP contribution in [0.2, 0.25) is 0 Å². The Kier molecular flexibility index (Phi) is 4.89. The Bertz CT molecular complexity index is 282. The number of rotatable bonds is 5. The van der Waals surface area contributed by atoms with Gasteiger partial charge < -0.3 is 19.9 Å². The summed E-state index contributed by atoms with van der Waals surface area (Å²) in [6.07, 6.45) is -0.0448. The molecule has 1 rings (SSSR count). The second-order valence-corrected chi connectivity index (χ2v) is 4.02. The van der Waals surface area contributed by atoms with Crippen molar-refractivity contribution in [3.8, 4) is 0 Å². The van der Waals surface area contributed by atoms with Gasteiger partial charge in [-0.05, 0) is 12.8 Å². The smallest absolute Gasteiger partial charge is 0.329 e. The molecule has 1 fully saturated rings. The largest absolute Gasteiger partial charge is 0.480 e. The molecule has 0 radical (unpaired) electrons. The first kappa shape index (κ1) is 13.9. The molecule has 0 aliphatic carbocycles. The average molecular weight is 245 g/mol. The third kappa shape index (κ3) is 3.17. The van der Waals surface area contributed by atoms with Gasteiger partial charge >= 0.3 is 5.97 Å². The van der Waals surface area contributed by atoms with Gasteiger partial charge in [-0.2, -0.15) is 0 Å². The predicted molar refractivity (Wildman–Crippen MR) is 59.7 cm³/mol. The van der Waals surface area contributed by atoms with Crippen LogP contribution < -0.4 is 5.32 Å². The Morgan fingerprint density at radius 1 is 1.35 bits per heavy atom. The molecule has 0 aromatic rings. The second kappa shape index (κ2) is 5.97. The SMILES string of the molecule is CCC(CC)(NC(=O)C1COCCO1)C(=O)O. The van der Waals surface area contributed by atoms with E-state index in [1.165, 1.54) is 0 Å². The second-order valence-electron chi connectivity index (χ2n) is 4.02. The number of carbonyl (C=O) groups is 2. The maximum Gasteiger partial charge on any atom is 0.329 e. The lowest BCUT2D eigenvalue weighted by molar-refractivity contribution is -0.156. The van der Waals surface area contributed by atoms with Gasteiger partial charge in [-0.15, -0.1) is 0 Å². The summed E-state index contributed by atoms with van der Waals surface area (Å²) in [4.78, 5) is 23.1. The summed E-state index contributed by atoms with van der Waals surface area (Å²) in [5.74, 6) is -1.44. The summed E-state index contributed by atoms with van der Waals surface area (Å²) < 4.78 is 10.3. The first-order valence-electron chi connectivity index (χ1n) is 5.80. The molecule has 2 N–H and O–H groups in total. The fourth-order valence-electron chi connectivity index (χ4n) is 1.74. The fraction of sp³-hybridized carbons (Fsp3) is 0.818. The minimum atomic E-state index is -1.21. The Hall–Kier alpha value is -1.14. The van der Waals surface area contributed by atoms with E-state index < -0.39 is 23.5 Å². The van der Waals surface area contributed by atoms with Gasteiger partial charge in [0, 0.05) is 0 Å². The molecule has 1 heterocycles. The number of nitrogens with one attached hydrogen (secondary N) is 1. The zero-order valence-corrected chi connectivity index (χ0v) is 10.2. The highest BCUT2D eigenvalue weighted by molar-refractivity contribution is 5.89. The third-order valence-corrected chi connectivity index (χ3v) is 3.09. The number of carbonyl (C=O) groups excluding carboxylic acids is 1. The van der Waals surface area contributed by atoms with Crippen LogP contribution in [0, 0.1) is 0 Å². The number of carboxylic acid groups (broad SMARTS) is 1. The van der Waals surface area contributed by atoms with E-state index in [4.69, 9.17) is 9.47 Å². The average Bonchev–Trinajstić information content (AvgIpc) is 2.36. The molecule has 6 nitrogen and oxygen atoms in total. The molecule has 17 heavy (non-hydrogen) atoms. The number of amides is 1. The summed E-state index contributed by atoms with van der Waals surface area (Å²) in [7, 11) is 0. The molecule has 1 saturated heterocycles. The van der Waals surface area contributed by atoms with E-state index in [0.717, 1.165) is 0 Å². The molecule has 1 atom stereocenters. The van der Waals surface area contributed by atoms with Crippen molar-refractivity contribution < 1.29 is 24.2 Å². The highest BCUT2D eigenvalue weighted by Gasteiger charge is 2.38. The highest BCUT2D eigenvalue weighted by Crippen LogP contribution is 2.16. The quantitative estimate of drug-likeness (QED) is 0.720. The van der Waals surface area contributed by atoms with Crippen molar-refractivity contribution in [3.63, 3.8) is 0 Å². The van der Waals surface area contributed by atoms with Crippen LogP contribution in [-0.2, 0) is 19.1 Å². The van der Waals surface area contributed by atoms with Crippen molar-refractivity contribution in [2.24, 2.45) is 0 Å². The number of hydrogen-bond donors (Lipinski definition) is 2. The molecular formula is C11H19NO5. The van der Waals surface area contributed by atoms with Crippen LogP contribution in [-0.4, -0.2) is 48.4 Å². The normalized spacial score (nSPS) is 20.9. The topological polar surface area (TPSA) is 84.9 Å². The van der Waals surface area contributed by atoms with Gasteiger partial charge in [-0.25, -0.2) is 4.79 Å². The molecule has 0 saturated carbocycles. The van der Waals surface area contributed by atoms with E-state index in [9.17, 15) is 14.7 Å². The van der Waals surface area contributed by atoms with Crippen LogP contribution in [0.4, 0.5) is 0 Å². The van der Waals surface area contributed by atoms with Gasteiger partial charge in [0.2, 0.25) is 0 Å². The molecule has 1 unspecified atom stereocenters. The van der Waals surface area contributed by atoms with Crippen LogP contribution >= 0.6 is 0 Å². The van der Waals surface area contributed by atoms with Crippen molar-refractivity contribution >= 4 is 11.9 Å². The minimum absolute atomic E-state index is 0.176. The Morgan fingerprint density at radius 3 is 2.41 bits per heavy atom. The van der Waals surface area contributed by atoms with Crippen molar-refractivity contribution in [2.45, 2.75) is 38.3 Å². The summed E-state index contributed by atoms with van der Waals surface area (Å²) in [6.45, 7) is 4.47. The molecule has 0 aromatic carbocycles. The maximum absolute atomic E-state index is 11.9. The predicted octanol–water partition coefficient (Wildman–Crippen LogP) is 0.161. The minimum Gasteiger partial charge on any atom is -0.480 e. The van der Waals surface area contributed by atoms with Crippen molar-refractivity contribution in [1.82, 2.24) is 5.32 Å². The lowest BCUT2D eigenvalue weighted by Crippen LogP contribution is -2.57. The number of ether oxygens (including phenoxy) is 2. The third-order valence-electron chi connectivity index (χ3n) is 3.09. The monoisotopic (exact) mass is 245 g/mol. The summed E-state index contributed by atoms with van der Waals surface area (Å²) in [6, 6.07) is 0. The molecule has 1 amide bonds. The highest BCUT2D eigenvalue weighted by atomic mass is 16.6. The van der Waals surface area contributed by atoms with Crippen LogP contribution in [0.1, 0.15) is 26.7 Å². The summed E-state index contributed by atoms with van der Waals surface area (Å²) >= 11 is 0. The molecule has 0 aromatic heterocycles. The molecule has 0 spiro atoms. The standard InChI is InChI=1S/C11H19NO5/c1-3-11(4-2,10(14)15)12-9(13)8-7-16-5-6-17-8/h8H,3-7H2,1-2H3,(H,12,13)(H,14,15). The molecule has 1 aliphatic heterocycles. The zero-order valence-electron chi connectivity index (χ0n) is 10.2. The van der Waals surface area contributed by atoms with Gasteiger partial charge in [0.15, 0.2) is 6.10 Å². The Balaban J connectivity index is 2.66. The van der Waals surface area contributed by atoms with E-state index in [1.807, 2.05) is 0 Å². The lowest BCUT2D eigenvalue weighted by Gasteiger charge is -2.31. The molecule has 98 valence electrons. The summed E-state index contributed by atoms with van der Waals surface area (Å²) in [5.41, 5.74) is -1.21. The zero-order chi connectivity index (χ0) is 12.9. The van der Waals surface area contributed by atoms with E-state index in [-0.39, 0.29) is 6.61 Å². The van der Waals surface area contributed by atoms with Gasteiger partial charge in [-0.3, -0.25) is 4.79 Å². The van der Waals surface area contributed by atoms with E-state index in [0.29, 0.717) is 26.1 Å². The van der Waals surface area contributed by atoms with E-state index in [2.05, 4.69) is 5.32 Å². The van der Waals surface area contributed by atoms with Crippen LogP contribution in [0.3, 0.4) is 0 Å².